The van der Waals surface area contributed by atoms with E-state index in [0.717, 1.165) is 11.3 Å². The highest BCUT2D eigenvalue weighted by Crippen LogP contribution is 2.17. The van der Waals surface area contributed by atoms with Crippen molar-refractivity contribution in [2.24, 2.45) is 0 Å². The van der Waals surface area contributed by atoms with E-state index in [1.54, 1.807) is 12.3 Å². The van der Waals surface area contributed by atoms with E-state index in [-0.39, 0.29) is 16.1 Å². The molecule has 2 N–H and O–H groups in total. The number of carbonyl (C=O) groups excluding carboxylic acids is 1. The number of aromatic nitrogens is 2. The molecule has 2 aromatic heterocycles. The van der Waals surface area contributed by atoms with E-state index in [4.69, 9.17) is 0 Å². The molecule has 1 amide bonds. The average Bonchev–Trinajstić information content (AvgIpc) is 2.91. The van der Waals surface area contributed by atoms with Crippen LogP contribution in [0.2, 0.25) is 0 Å². The molecule has 2 rings (SSSR count). The fraction of sp³-hybridized carbons (Fsp3) is 0.0833. The molecule has 0 atom stereocenters. The number of pyridine rings is 1. The van der Waals surface area contributed by atoms with Crippen molar-refractivity contribution in [1.29, 1.82) is 0 Å². The van der Waals surface area contributed by atoms with Crippen LogP contribution in [0.3, 0.4) is 0 Å². The number of carbonyl (C=O) groups is 1. The number of hydrogen-bond acceptors (Lipinski definition) is 6. The summed E-state index contributed by atoms with van der Waals surface area (Å²) in [7, 11) is -3.79. The summed E-state index contributed by atoms with van der Waals surface area (Å²) in [6.45, 7) is 5.07. The van der Waals surface area contributed by atoms with Crippen LogP contribution in [-0.4, -0.2) is 24.3 Å². The highest BCUT2D eigenvalue weighted by atomic mass is 32.2. The van der Waals surface area contributed by atoms with Gasteiger partial charge in [0.1, 0.15) is 0 Å². The predicted octanol–water partition coefficient (Wildman–Crippen LogP) is 1.85. The third kappa shape index (κ3) is 3.86. The minimum absolute atomic E-state index is 0.161. The van der Waals surface area contributed by atoms with Gasteiger partial charge >= 0.3 is 0 Å². The van der Waals surface area contributed by atoms with E-state index in [2.05, 4.69) is 26.6 Å². The standard InChI is InChI=1S/C12H12N4O3S2/c1-8(2)11(17)15-9-3-4-10(14-7-9)21(18,19)16-12-13-5-6-20-12/h3-7H,1H2,2H3,(H,13,16)(H,15,17). The SMILES string of the molecule is C=C(C)C(=O)Nc1ccc(S(=O)(=O)Nc2nccs2)nc1. The van der Waals surface area contributed by atoms with Crippen molar-refractivity contribution in [3.63, 3.8) is 0 Å². The number of thiazole rings is 1. The van der Waals surface area contributed by atoms with Gasteiger partial charge in [0.05, 0.1) is 11.9 Å². The van der Waals surface area contributed by atoms with E-state index < -0.39 is 10.0 Å². The van der Waals surface area contributed by atoms with Crippen molar-refractivity contribution in [2.75, 3.05) is 10.0 Å². The van der Waals surface area contributed by atoms with Gasteiger partial charge in [-0.25, -0.2) is 9.97 Å². The van der Waals surface area contributed by atoms with Crippen LogP contribution in [0.25, 0.3) is 0 Å². The van der Waals surface area contributed by atoms with Crippen LogP contribution in [-0.2, 0) is 14.8 Å². The topological polar surface area (TPSA) is 101 Å². The van der Waals surface area contributed by atoms with Crippen molar-refractivity contribution in [3.05, 3.63) is 42.1 Å². The Balaban J connectivity index is 2.14. The van der Waals surface area contributed by atoms with Gasteiger partial charge in [0, 0.05) is 17.2 Å². The maximum Gasteiger partial charge on any atom is 0.281 e. The summed E-state index contributed by atoms with van der Waals surface area (Å²) in [4.78, 5) is 19.1. The third-order valence-electron chi connectivity index (χ3n) is 2.31. The Morgan fingerprint density at radius 1 is 1.33 bits per heavy atom. The second-order valence-electron chi connectivity index (χ2n) is 4.06. The van der Waals surface area contributed by atoms with Crippen LogP contribution in [0.1, 0.15) is 6.92 Å². The van der Waals surface area contributed by atoms with E-state index >= 15 is 0 Å². The molecule has 0 aliphatic rings. The molecule has 0 saturated carbocycles. The first-order valence-electron chi connectivity index (χ1n) is 5.74. The number of nitrogens with zero attached hydrogens (tertiary/aromatic N) is 2. The molecule has 0 unspecified atom stereocenters. The largest absolute Gasteiger partial charge is 0.321 e. The molecule has 0 fully saturated rings. The lowest BCUT2D eigenvalue weighted by Gasteiger charge is -2.06. The monoisotopic (exact) mass is 324 g/mol. The number of rotatable bonds is 5. The Labute approximate surface area is 125 Å². The first-order valence-corrected chi connectivity index (χ1v) is 8.10. The number of anilines is 2. The zero-order valence-corrected chi connectivity index (χ0v) is 12.7. The Hall–Kier alpha value is -2.26. The molecule has 0 bridgehead atoms. The molecular formula is C12H12N4O3S2. The van der Waals surface area contributed by atoms with Crippen LogP contribution in [0, 0.1) is 0 Å². The maximum atomic E-state index is 12.0. The summed E-state index contributed by atoms with van der Waals surface area (Å²) >= 11 is 1.16. The fourth-order valence-corrected chi connectivity index (χ4v) is 3.01. The lowest BCUT2D eigenvalue weighted by Crippen LogP contribution is -2.15. The van der Waals surface area contributed by atoms with Gasteiger partial charge < -0.3 is 5.32 Å². The average molecular weight is 324 g/mol. The van der Waals surface area contributed by atoms with Gasteiger partial charge in [-0.1, -0.05) is 6.58 Å². The molecule has 0 radical (unpaired) electrons. The third-order valence-corrected chi connectivity index (χ3v) is 4.38. The van der Waals surface area contributed by atoms with Crippen LogP contribution in [0.5, 0.6) is 0 Å². The lowest BCUT2D eigenvalue weighted by atomic mass is 10.3. The van der Waals surface area contributed by atoms with Crippen molar-refractivity contribution in [2.45, 2.75) is 11.9 Å². The van der Waals surface area contributed by atoms with Crippen LogP contribution < -0.4 is 10.0 Å². The summed E-state index contributed by atoms with van der Waals surface area (Å²) in [5.41, 5.74) is 0.730. The van der Waals surface area contributed by atoms with Crippen molar-refractivity contribution >= 4 is 38.1 Å². The Morgan fingerprint density at radius 2 is 2.10 bits per heavy atom. The Morgan fingerprint density at radius 3 is 2.62 bits per heavy atom. The molecule has 110 valence electrons. The minimum Gasteiger partial charge on any atom is -0.321 e. The maximum absolute atomic E-state index is 12.0. The molecule has 0 aromatic carbocycles. The second-order valence-corrected chi connectivity index (χ2v) is 6.59. The second kappa shape index (κ2) is 6.02. The zero-order chi connectivity index (χ0) is 15.5. The van der Waals surface area contributed by atoms with Gasteiger partial charge in [-0.05, 0) is 19.1 Å². The quantitative estimate of drug-likeness (QED) is 0.817. The molecule has 2 heterocycles. The van der Waals surface area contributed by atoms with Gasteiger partial charge in [0.2, 0.25) is 0 Å². The van der Waals surface area contributed by atoms with Gasteiger partial charge in [0.15, 0.2) is 10.2 Å². The first-order chi connectivity index (χ1) is 9.88. The predicted molar refractivity (Wildman–Crippen MR) is 80.6 cm³/mol. The minimum atomic E-state index is -3.79. The molecule has 2 aromatic rings. The zero-order valence-electron chi connectivity index (χ0n) is 11.0. The van der Waals surface area contributed by atoms with E-state index in [0.29, 0.717) is 11.3 Å². The molecule has 0 aliphatic heterocycles. The van der Waals surface area contributed by atoms with Gasteiger partial charge in [-0.2, -0.15) is 8.42 Å². The fourth-order valence-electron chi connectivity index (χ4n) is 1.29. The van der Waals surface area contributed by atoms with Crippen LogP contribution >= 0.6 is 11.3 Å². The summed E-state index contributed by atoms with van der Waals surface area (Å²) in [5.74, 6) is -0.353. The highest BCUT2D eigenvalue weighted by molar-refractivity contribution is 7.92. The number of hydrogen-bond donors (Lipinski definition) is 2. The van der Waals surface area contributed by atoms with Gasteiger partial charge in [0.25, 0.3) is 15.9 Å². The molecule has 0 spiro atoms. The smallest absolute Gasteiger partial charge is 0.281 e. The summed E-state index contributed by atoms with van der Waals surface area (Å²) in [5, 5.41) is 4.29. The molecular weight excluding hydrogens is 312 g/mol. The summed E-state index contributed by atoms with van der Waals surface area (Å²) in [6.07, 6.45) is 2.75. The van der Waals surface area contributed by atoms with Crippen molar-refractivity contribution in [3.8, 4) is 0 Å². The lowest BCUT2D eigenvalue weighted by molar-refractivity contribution is -0.112. The molecule has 7 nitrogen and oxygen atoms in total. The number of sulfonamides is 1. The molecule has 0 aliphatic carbocycles. The Kier molecular flexibility index (Phi) is 4.34. The summed E-state index contributed by atoms with van der Waals surface area (Å²) in [6, 6.07) is 2.74. The van der Waals surface area contributed by atoms with Gasteiger partial charge in [-0.3, -0.25) is 9.52 Å². The first kappa shape index (κ1) is 15.1. The Bertz CT molecular complexity index is 752. The molecule has 21 heavy (non-hydrogen) atoms. The van der Waals surface area contributed by atoms with Crippen molar-refractivity contribution < 1.29 is 13.2 Å². The van der Waals surface area contributed by atoms with Crippen LogP contribution in [0.4, 0.5) is 10.8 Å². The highest BCUT2D eigenvalue weighted by Gasteiger charge is 2.17. The van der Waals surface area contributed by atoms with Crippen LogP contribution in [0.15, 0.2) is 47.1 Å². The number of nitrogens with one attached hydrogen (secondary N) is 2. The van der Waals surface area contributed by atoms with E-state index in [1.807, 2.05) is 0 Å². The van der Waals surface area contributed by atoms with E-state index in [1.165, 1.54) is 24.5 Å². The van der Waals surface area contributed by atoms with Crippen molar-refractivity contribution in [1.82, 2.24) is 9.97 Å². The normalized spacial score (nSPS) is 10.9. The van der Waals surface area contributed by atoms with E-state index in [9.17, 15) is 13.2 Å². The molecule has 9 heteroatoms. The molecule has 0 saturated heterocycles. The number of amides is 1. The van der Waals surface area contributed by atoms with Gasteiger partial charge in [-0.15, -0.1) is 11.3 Å². The summed E-state index contributed by atoms with van der Waals surface area (Å²) < 4.78 is 26.4.